The van der Waals surface area contributed by atoms with Crippen LogP contribution in [-0.4, -0.2) is 73.0 Å². The van der Waals surface area contributed by atoms with E-state index in [1.807, 2.05) is 11.0 Å². The maximum Gasteiger partial charge on any atom is 0.223 e. The van der Waals surface area contributed by atoms with Gasteiger partial charge in [-0.2, -0.15) is 0 Å². The maximum atomic E-state index is 13.7. The van der Waals surface area contributed by atoms with Gasteiger partial charge in [0.05, 0.1) is 0 Å². The molecule has 134 valence electrons. The predicted octanol–water partition coefficient (Wildman–Crippen LogP) is 2.24. The average molecular weight is 335 g/mol. The number of carbonyl (C=O) groups excluding carboxylic acids is 1. The summed E-state index contributed by atoms with van der Waals surface area (Å²) >= 11 is 0. The van der Waals surface area contributed by atoms with Crippen molar-refractivity contribution in [3.63, 3.8) is 0 Å². The lowest BCUT2D eigenvalue weighted by atomic mass is 10.1. The van der Waals surface area contributed by atoms with Gasteiger partial charge in [-0.1, -0.05) is 18.2 Å². The van der Waals surface area contributed by atoms with Gasteiger partial charge in [0, 0.05) is 44.7 Å². The van der Waals surface area contributed by atoms with Crippen LogP contribution in [0, 0.1) is 5.82 Å². The van der Waals surface area contributed by atoms with Crippen LogP contribution in [0.1, 0.15) is 25.8 Å². The molecule has 1 aromatic rings. The third-order valence-corrected chi connectivity index (χ3v) is 4.83. The van der Waals surface area contributed by atoms with Crippen LogP contribution in [0.4, 0.5) is 4.39 Å². The van der Waals surface area contributed by atoms with Crippen molar-refractivity contribution in [2.75, 3.05) is 40.3 Å². The first kappa shape index (κ1) is 18.9. The summed E-state index contributed by atoms with van der Waals surface area (Å²) in [6.45, 7) is 7.93. The maximum absolute atomic E-state index is 13.7. The highest BCUT2D eigenvalue weighted by Crippen LogP contribution is 2.17. The number of hydrogen-bond donors (Lipinski definition) is 0. The zero-order valence-corrected chi connectivity index (χ0v) is 15.3. The highest BCUT2D eigenvalue weighted by Gasteiger charge is 2.31. The Morgan fingerprint density at radius 2 is 1.83 bits per heavy atom. The topological polar surface area (TPSA) is 26.8 Å². The molecule has 0 saturated carbocycles. The standard InChI is InChI=1S/C19H30FN3O/c1-15-13-22(14-16(2)23(15)12-11-21(3)4)19(24)10-9-17-7-5-6-8-18(17)20/h5-8,15-16H,9-14H2,1-4H3. The van der Waals surface area contributed by atoms with Gasteiger partial charge in [0.2, 0.25) is 5.91 Å². The third kappa shape index (κ3) is 5.02. The van der Waals surface area contributed by atoms with Gasteiger partial charge in [-0.3, -0.25) is 9.69 Å². The van der Waals surface area contributed by atoms with Crippen LogP contribution < -0.4 is 0 Å². The van der Waals surface area contributed by atoms with Crippen LogP contribution in [0.25, 0.3) is 0 Å². The fraction of sp³-hybridized carbons (Fsp3) is 0.632. The molecule has 2 rings (SSSR count). The lowest BCUT2D eigenvalue weighted by molar-refractivity contribution is -0.135. The van der Waals surface area contributed by atoms with Crippen LogP contribution in [-0.2, 0) is 11.2 Å². The van der Waals surface area contributed by atoms with Crippen molar-refractivity contribution in [1.82, 2.24) is 14.7 Å². The normalized spacial score (nSPS) is 22.2. The minimum atomic E-state index is -0.222. The molecular weight excluding hydrogens is 305 g/mol. The molecule has 1 saturated heterocycles. The largest absolute Gasteiger partial charge is 0.340 e. The van der Waals surface area contributed by atoms with Gasteiger partial charge in [0.1, 0.15) is 5.82 Å². The summed E-state index contributed by atoms with van der Waals surface area (Å²) in [6, 6.07) is 7.41. The molecule has 1 fully saturated rings. The molecule has 0 N–H and O–H groups in total. The summed E-state index contributed by atoms with van der Waals surface area (Å²) in [5.41, 5.74) is 0.622. The summed E-state index contributed by atoms with van der Waals surface area (Å²) in [6.07, 6.45) is 0.840. The number of amides is 1. The van der Waals surface area contributed by atoms with Crippen molar-refractivity contribution in [2.45, 2.75) is 38.8 Å². The first-order valence-corrected chi connectivity index (χ1v) is 8.80. The number of hydrogen-bond acceptors (Lipinski definition) is 3. The SMILES string of the molecule is CC1CN(C(=O)CCc2ccccc2F)CC(C)N1CCN(C)C. The molecule has 5 heteroatoms. The van der Waals surface area contributed by atoms with Crippen molar-refractivity contribution >= 4 is 5.91 Å². The summed E-state index contributed by atoms with van der Waals surface area (Å²) in [5.74, 6) is -0.0928. The van der Waals surface area contributed by atoms with E-state index in [0.29, 0.717) is 30.5 Å². The van der Waals surface area contributed by atoms with E-state index in [2.05, 4.69) is 37.7 Å². The van der Waals surface area contributed by atoms with E-state index < -0.39 is 0 Å². The van der Waals surface area contributed by atoms with Gasteiger partial charge in [0.15, 0.2) is 0 Å². The van der Waals surface area contributed by atoms with Crippen molar-refractivity contribution in [1.29, 1.82) is 0 Å². The number of likely N-dealkylation sites (N-methyl/N-ethyl adjacent to an activating group) is 1. The average Bonchev–Trinajstić information content (AvgIpc) is 2.52. The predicted molar refractivity (Wildman–Crippen MR) is 95.5 cm³/mol. The molecule has 4 nitrogen and oxygen atoms in total. The Bertz CT molecular complexity index is 537. The van der Waals surface area contributed by atoms with Crippen molar-refractivity contribution in [3.05, 3.63) is 35.6 Å². The monoisotopic (exact) mass is 335 g/mol. The Balaban J connectivity index is 1.87. The van der Waals surface area contributed by atoms with Crippen LogP contribution in [0.5, 0.6) is 0 Å². The highest BCUT2D eigenvalue weighted by atomic mass is 19.1. The molecule has 2 atom stereocenters. The number of piperazine rings is 1. The molecule has 1 aliphatic rings. The van der Waals surface area contributed by atoms with Gasteiger partial charge in [0.25, 0.3) is 0 Å². The third-order valence-electron chi connectivity index (χ3n) is 4.83. The Morgan fingerprint density at radius 1 is 1.21 bits per heavy atom. The summed E-state index contributed by atoms with van der Waals surface area (Å²) < 4.78 is 13.7. The second-order valence-corrected chi connectivity index (χ2v) is 7.13. The van der Waals surface area contributed by atoms with E-state index in [4.69, 9.17) is 0 Å². The van der Waals surface area contributed by atoms with Crippen LogP contribution in [0.3, 0.4) is 0 Å². The second-order valence-electron chi connectivity index (χ2n) is 7.13. The molecule has 0 bridgehead atoms. The molecule has 0 aliphatic carbocycles. The van der Waals surface area contributed by atoms with Crippen LogP contribution in [0.2, 0.25) is 0 Å². The van der Waals surface area contributed by atoms with Gasteiger partial charge in [-0.25, -0.2) is 4.39 Å². The molecule has 0 radical (unpaired) electrons. The van der Waals surface area contributed by atoms with Crippen molar-refractivity contribution in [2.24, 2.45) is 0 Å². The number of rotatable bonds is 6. The van der Waals surface area contributed by atoms with Gasteiger partial charge >= 0.3 is 0 Å². The van der Waals surface area contributed by atoms with Crippen molar-refractivity contribution in [3.8, 4) is 0 Å². The number of benzene rings is 1. The van der Waals surface area contributed by atoms with Gasteiger partial charge in [-0.05, 0) is 46.0 Å². The number of halogens is 1. The molecule has 0 aromatic heterocycles. The smallest absolute Gasteiger partial charge is 0.223 e. The van der Waals surface area contributed by atoms with Gasteiger partial charge < -0.3 is 9.80 Å². The Hall–Kier alpha value is -1.46. The molecule has 2 unspecified atom stereocenters. The van der Waals surface area contributed by atoms with E-state index in [-0.39, 0.29) is 11.7 Å². The fourth-order valence-electron chi connectivity index (χ4n) is 3.42. The molecule has 0 spiro atoms. The van der Waals surface area contributed by atoms with E-state index in [1.165, 1.54) is 6.07 Å². The number of aryl methyl sites for hydroxylation is 1. The fourth-order valence-corrected chi connectivity index (χ4v) is 3.42. The van der Waals surface area contributed by atoms with Crippen molar-refractivity contribution < 1.29 is 9.18 Å². The quantitative estimate of drug-likeness (QED) is 0.798. The Morgan fingerprint density at radius 3 is 2.42 bits per heavy atom. The van der Waals surface area contributed by atoms with E-state index in [0.717, 1.165) is 26.2 Å². The number of nitrogens with zero attached hydrogens (tertiary/aromatic N) is 3. The summed E-state index contributed by atoms with van der Waals surface area (Å²) in [4.78, 5) is 19.1. The first-order chi connectivity index (χ1) is 11.4. The molecular formula is C19H30FN3O. The molecule has 1 aliphatic heterocycles. The first-order valence-electron chi connectivity index (χ1n) is 8.80. The minimum absolute atomic E-state index is 0.129. The highest BCUT2D eigenvalue weighted by molar-refractivity contribution is 5.76. The minimum Gasteiger partial charge on any atom is -0.340 e. The van der Waals surface area contributed by atoms with Gasteiger partial charge in [-0.15, -0.1) is 0 Å². The zero-order chi connectivity index (χ0) is 17.7. The summed E-state index contributed by atoms with van der Waals surface area (Å²) in [5, 5.41) is 0. The lowest BCUT2D eigenvalue weighted by Crippen LogP contribution is -2.59. The zero-order valence-electron chi connectivity index (χ0n) is 15.3. The Kier molecular flexibility index (Phi) is 6.75. The molecule has 1 amide bonds. The van der Waals surface area contributed by atoms with Crippen LogP contribution in [0.15, 0.2) is 24.3 Å². The molecule has 1 aromatic carbocycles. The molecule has 24 heavy (non-hydrogen) atoms. The van der Waals surface area contributed by atoms with E-state index in [9.17, 15) is 9.18 Å². The second kappa shape index (κ2) is 8.58. The Labute approximate surface area is 145 Å². The van der Waals surface area contributed by atoms with E-state index in [1.54, 1.807) is 12.1 Å². The number of carbonyl (C=O) groups is 1. The van der Waals surface area contributed by atoms with E-state index >= 15 is 0 Å². The lowest BCUT2D eigenvalue weighted by Gasteiger charge is -2.45. The molecule has 1 heterocycles. The van der Waals surface area contributed by atoms with Crippen LogP contribution >= 0.6 is 0 Å². The summed E-state index contributed by atoms with van der Waals surface area (Å²) in [7, 11) is 4.16.